The van der Waals surface area contributed by atoms with Crippen molar-refractivity contribution in [3.05, 3.63) is 47.5 Å². The van der Waals surface area contributed by atoms with Crippen LogP contribution in [0.2, 0.25) is 0 Å². The first-order valence-corrected chi connectivity index (χ1v) is 5.69. The van der Waals surface area contributed by atoms with Crippen LogP contribution >= 0.6 is 11.6 Å². The molecule has 0 saturated carbocycles. The van der Waals surface area contributed by atoms with Gasteiger partial charge in [-0.05, 0) is 12.0 Å². The van der Waals surface area contributed by atoms with Crippen molar-refractivity contribution in [2.24, 2.45) is 0 Å². The van der Waals surface area contributed by atoms with Gasteiger partial charge in [0, 0.05) is 24.7 Å². The van der Waals surface area contributed by atoms with Crippen molar-refractivity contribution in [2.45, 2.75) is 12.5 Å². The molecular weight excluding hydrogens is 222 g/mol. The molecule has 1 rings (SSSR count). The second kappa shape index (κ2) is 7.44. The third-order valence-electron chi connectivity index (χ3n) is 2.28. The molecule has 16 heavy (non-hydrogen) atoms. The van der Waals surface area contributed by atoms with Crippen molar-refractivity contribution in [2.75, 3.05) is 20.3 Å². The fraction of sp³-hybridized carbons (Fsp3) is 0.385. The van der Waals surface area contributed by atoms with Gasteiger partial charge in [-0.2, -0.15) is 0 Å². The number of benzene rings is 1. The number of rotatable bonds is 7. The summed E-state index contributed by atoms with van der Waals surface area (Å²) in [4.78, 5) is 0. The van der Waals surface area contributed by atoms with Crippen LogP contribution in [0.3, 0.4) is 0 Å². The summed E-state index contributed by atoms with van der Waals surface area (Å²) in [5.74, 6) is 0. The van der Waals surface area contributed by atoms with Crippen LogP contribution in [-0.2, 0) is 11.2 Å². The second-order valence-electron chi connectivity index (χ2n) is 3.74. The lowest BCUT2D eigenvalue weighted by atomic mass is 10.1. The van der Waals surface area contributed by atoms with Crippen LogP contribution < -0.4 is 5.32 Å². The lowest BCUT2D eigenvalue weighted by molar-refractivity contribution is 0.167. The van der Waals surface area contributed by atoms with Crippen molar-refractivity contribution in [3.8, 4) is 0 Å². The summed E-state index contributed by atoms with van der Waals surface area (Å²) in [6.07, 6.45) is 0.929. The van der Waals surface area contributed by atoms with Crippen LogP contribution in [0, 0.1) is 0 Å². The van der Waals surface area contributed by atoms with E-state index in [1.165, 1.54) is 5.56 Å². The molecular formula is C13H18ClNO. The highest BCUT2D eigenvalue weighted by Gasteiger charge is 2.08. The standard InChI is InChI=1S/C13H18ClNO/c1-11(14)9-15-13(10-16-2)8-12-6-4-3-5-7-12/h3-7,13,15H,1,8-10H2,2H3. The Labute approximate surface area is 102 Å². The minimum Gasteiger partial charge on any atom is -0.383 e. The number of halogens is 1. The Balaban J connectivity index is 2.47. The maximum absolute atomic E-state index is 5.73. The van der Waals surface area contributed by atoms with Crippen LogP contribution in [-0.4, -0.2) is 26.3 Å². The number of hydrogen-bond acceptors (Lipinski definition) is 2. The maximum Gasteiger partial charge on any atom is 0.0619 e. The van der Waals surface area contributed by atoms with Crippen molar-refractivity contribution >= 4 is 11.6 Å². The van der Waals surface area contributed by atoms with Gasteiger partial charge in [-0.1, -0.05) is 48.5 Å². The molecule has 0 saturated heterocycles. The first kappa shape index (κ1) is 13.2. The lowest BCUT2D eigenvalue weighted by Crippen LogP contribution is -2.35. The molecule has 1 aromatic carbocycles. The van der Waals surface area contributed by atoms with E-state index >= 15 is 0 Å². The molecule has 0 radical (unpaired) electrons. The van der Waals surface area contributed by atoms with E-state index < -0.39 is 0 Å². The molecule has 0 amide bonds. The first-order chi connectivity index (χ1) is 7.72. The monoisotopic (exact) mass is 239 g/mol. The molecule has 0 aromatic heterocycles. The van der Waals surface area contributed by atoms with E-state index in [0.29, 0.717) is 18.2 Å². The molecule has 3 heteroatoms. The molecule has 1 aromatic rings. The Morgan fingerprint density at radius 2 is 2.12 bits per heavy atom. The summed E-state index contributed by atoms with van der Waals surface area (Å²) >= 11 is 5.73. The Kier molecular flexibility index (Phi) is 6.16. The normalized spacial score (nSPS) is 12.4. The lowest BCUT2D eigenvalue weighted by Gasteiger charge is -2.17. The van der Waals surface area contributed by atoms with Crippen LogP contribution in [0.25, 0.3) is 0 Å². The van der Waals surface area contributed by atoms with Crippen molar-refractivity contribution in [3.63, 3.8) is 0 Å². The highest BCUT2D eigenvalue weighted by molar-refractivity contribution is 6.29. The van der Waals surface area contributed by atoms with Gasteiger partial charge in [0.25, 0.3) is 0 Å². The van der Waals surface area contributed by atoms with E-state index in [1.54, 1.807) is 7.11 Å². The quantitative estimate of drug-likeness (QED) is 0.790. The van der Waals surface area contributed by atoms with E-state index in [2.05, 4.69) is 24.0 Å². The average Bonchev–Trinajstić information content (AvgIpc) is 2.27. The van der Waals surface area contributed by atoms with Gasteiger partial charge in [-0.15, -0.1) is 0 Å². The molecule has 0 aliphatic rings. The maximum atomic E-state index is 5.73. The summed E-state index contributed by atoms with van der Waals surface area (Å²) in [6, 6.07) is 10.6. The summed E-state index contributed by atoms with van der Waals surface area (Å²) in [6.45, 7) is 4.94. The van der Waals surface area contributed by atoms with Gasteiger partial charge in [0.2, 0.25) is 0 Å². The molecule has 0 heterocycles. The minimum absolute atomic E-state index is 0.267. The van der Waals surface area contributed by atoms with Gasteiger partial charge in [-0.3, -0.25) is 0 Å². The summed E-state index contributed by atoms with van der Waals surface area (Å²) in [5.41, 5.74) is 1.29. The smallest absolute Gasteiger partial charge is 0.0619 e. The number of nitrogens with one attached hydrogen (secondary N) is 1. The fourth-order valence-corrected chi connectivity index (χ4v) is 1.62. The second-order valence-corrected chi connectivity index (χ2v) is 4.27. The zero-order chi connectivity index (χ0) is 11.8. The summed E-state index contributed by atoms with van der Waals surface area (Å²) in [5, 5.41) is 3.93. The van der Waals surface area contributed by atoms with E-state index in [4.69, 9.17) is 16.3 Å². The van der Waals surface area contributed by atoms with Gasteiger partial charge in [0.15, 0.2) is 0 Å². The van der Waals surface area contributed by atoms with E-state index in [-0.39, 0.29) is 6.04 Å². The molecule has 0 aliphatic carbocycles. The third-order valence-corrected chi connectivity index (χ3v) is 2.41. The molecule has 0 spiro atoms. The predicted molar refractivity (Wildman–Crippen MR) is 68.8 cm³/mol. The van der Waals surface area contributed by atoms with Gasteiger partial charge >= 0.3 is 0 Å². The fourth-order valence-electron chi connectivity index (χ4n) is 1.54. The van der Waals surface area contributed by atoms with Crippen molar-refractivity contribution in [1.29, 1.82) is 0 Å². The highest BCUT2D eigenvalue weighted by Crippen LogP contribution is 2.04. The van der Waals surface area contributed by atoms with Crippen LogP contribution in [0.5, 0.6) is 0 Å². The SMILES string of the molecule is C=C(Cl)CNC(COC)Cc1ccccc1. The average molecular weight is 240 g/mol. The summed E-state index contributed by atoms with van der Waals surface area (Å²) < 4.78 is 5.17. The predicted octanol–water partition coefficient (Wildman–Crippen LogP) is 2.59. The van der Waals surface area contributed by atoms with Crippen molar-refractivity contribution < 1.29 is 4.74 Å². The highest BCUT2D eigenvalue weighted by atomic mass is 35.5. The molecule has 1 unspecified atom stereocenters. The van der Waals surface area contributed by atoms with E-state index in [9.17, 15) is 0 Å². The summed E-state index contributed by atoms with van der Waals surface area (Å²) in [7, 11) is 1.70. The zero-order valence-electron chi connectivity index (χ0n) is 9.58. The molecule has 2 nitrogen and oxygen atoms in total. The molecule has 88 valence electrons. The van der Waals surface area contributed by atoms with Crippen LogP contribution in [0.15, 0.2) is 41.9 Å². The Bertz CT molecular complexity index is 313. The number of hydrogen-bond donors (Lipinski definition) is 1. The van der Waals surface area contributed by atoms with Crippen LogP contribution in [0.4, 0.5) is 0 Å². The zero-order valence-corrected chi connectivity index (χ0v) is 10.3. The van der Waals surface area contributed by atoms with Gasteiger partial charge in [0.05, 0.1) is 6.61 Å². The number of ether oxygens (including phenoxy) is 1. The third kappa shape index (κ3) is 5.31. The topological polar surface area (TPSA) is 21.3 Å². The largest absolute Gasteiger partial charge is 0.383 e. The number of methoxy groups -OCH3 is 1. The molecule has 0 bridgehead atoms. The van der Waals surface area contributed by atoms with Crippen LogP contribution in [0.1, 0.15) is 5.56 Å². The Morgan fingerprint density at radius 3 is 2.69 bits per heavy atom. The van der Waals surface area contributed by atoms with Crippen molar-refractivity contribution in [1.82, 2.24) is 5.32 Å². The van der Waals surface area contributed by atoms with Gasteiger partial charge in [-0.25, -0.2) is 0 Å². The van der Waals surface area contributed by atoms with E-state index in [0.717, 1.165) is 6.42 Å². The van der Waals surface area contributed by atoms with Gasteiger partial charge < -0.3 is 10.1 Å². The molecule has 0 aliphatic heterocycles. The minimum atomic E-state index is 0.267. The van der Waals surface area contributed by atoms with Gasteiger partial charge in [0.1, 0.15) is 0 Å². The Morgan fingerprint density at radius 1 is 1.44 bits per heavy atom. The molecule has 0 fully saturated rings. The molecule has 1 atom stereocenters. The first-order valence-electron chi connectivity index (χ1n) is 5.32. The molecule has 1 N–H and O–H groups in total. The van der Waals surface area contributed by atoms with E-state index in [1.807, 2.05) is 18.2 Å². The Hall–Kier alpha value is -0.830.